The van der Waals surface area contributed by atoms with E-state index < -0.39 is 0 Å². The van der Waals surface area contributed by atoms with Crippen molar-refractivity contribution in [3.63, 3.8) is 0 Å². The van der Waals surface area contributed by atoms with Crippen molar-refractivity contribution in [2.24, 2.45) is 11.7 Å². The Labute approximate surface area is 70.7 Å². The van der Waals surface area contributed by atoms with E-state index in [1.54, 1.807) is 0 Å². The molecule has 2 atom stereocenters. The van der Waals surface area contributed by atoms with Crippen molar-refractivity contribution in [3.05, 3.63) is 12.2 Å². The summed E-state index contributed by atoms with van der Waals surface area (Å²) in [6.07, 6.45) is 8.02. The Morgan fingerprint density at radius 3 is 2.36 bits per heavy atom. The number of allylic oxidation sites excluding steroid dienone is 2. The molecule has 0 saturated heterocycles. The van der Waals surface area contributed by atoms with Crippen LogP contribution in [0.5, 0.6) is 0 Å². The molecule has 0 aromatic heterocycles. The molecule has 0 bridgehead atoms. The van der Waals surface area contributed by atoms with Gasteiger partial charge in [0.15, 0.2) is 0 Å². The molecule has 0 spiro atoms. The van der Waals surface area contributed by atoms with E-state index in [-0.39, 0.29) is 0 Å². The summed E-state index contributed by atoms with van der Waals surface area (Å²) in [4.78, 5) is 0. The molecule has 0 aliphatic heterocycles. The zero-order valence-electron chi connectivity index (χ0n) is 8.01. The van der Waals surface area contributed by atoms with Gasteiger partial charge >= 0.3 is 0 Å². The smallest absolute Gasteiger partial charge is 0.00106 e. The molecular formula is C10H21N. The van der Waals surface area contributed by atoms with Gasteiger partial charge < -0.3 is 5.73 Å². The summed E-state index contributed by atoms with van der Waals surface area (Å²) in [5, 5.41) is 0. The van der Waals surface area contributed by atoms with Crippen molar-refractivity contribution in [1.29, 1.82) is 0 Å². The molecule has 2 unspecified atom stereocenters. The Bertz CT molecular complexity index is 105. The fourth-order valence-electron chi connectivity index (χ4n) is 1.19. The van der Waals surface area contributed by atoms with Gasteiger partial charge in [0.2, 0.25) is 0 Å². The molecule has 0 aliphatic rings. The van der Waals surface area contributed by atoms with Gasteiger partial charge in [0.1, 0.15) is 0 Å². The minimum absolute atomic E-state index is 0.356. The first kappa shape index (κ1) is 10.7. The Morgan fingerprint density at radius 2 is 2.00 bits per heavy atom. The molecule has 1 heteroatoms. The first-order chi connectivity index (χ1) is 5.20. The van der Waals surface area contributed by atoms with Crippen LogP contribution in [0.15, 0.2) is 12.2 Å². The molecule has 0 radical (unpaired) electrons. The summed E-state index contributed by atoms with van der Waals surface area (Å²) < 4.78 is 0. The molecule has 2 N–H and O–H groups in total. The highest BCUT2D eigenvalue weighted by molar-refractivity contribution is 4.85. The highest BCUT2D eigenvalue weighted by Crippen LogP contribution is 2.13. The summed E-state index contributed by atoms with van der Waals surface area (Å²) in [6.45, 7) is 6.38. The molecule has 11 heavy (non-hydrogen) atoms. The fraction of sp³-hybridized carbons (Fsp3) is 0.800. The zero-order valence-corrected chi connectivity index (χ0v) is 8.01. The largest absolute Gasteiger partial charge is 0.328 e. The van der Waals surface area contributed by atoms with Crippen molar-refractivity contribution in [2.75, 3.05) is 0 Å². The standard InChI is InChI=1S/C10H21N/c1-4-6-10(5-2)8-7-9(3)11/h4,6,9-10H,5,7-8,11H2,1-3H3/b6-4-. The Kier molecular flexibility index (Phi) is 6.24. The van der Waals surface area contributed by atoms with Gasteiger partial charge in [0, 0.05) is 6.04 Å². The fourth-order valence-corrected chi connectivity index (χ4v) is 1.19. The van der Waals surface area contributed by atoms with E-state index in [4.69, 9.17) is 5.73 Å². The van der Waals surface area contributed by atoms with Crippen molar-refractivity contribution in [1.82, 2.24) is 0 Å². The lowest BCUT2D eigenvalue weighted by Gasteiger charge is -2.11. The lowest BCUT2D eigenvalue weighted by molar-refractivity contribution is 0.508. The van der Waals surface area contributed by atoms with E-state index in [2.05, 4.69) is 32.9 Å². The number of nitrogens with two attached hydrogens (primary N) is 1. The van der Waals surface area contributed by atoms with E-state index in [0.29, 0.717) is 6.04 Å². The second kappa shape index (κ2) is 6.41. The molecule has 0 aliphatic carbocycles. The zero-order chi connectivity index (χ0) is 8.69. The molecule has 66 valence electrons. The third-order valence-electron chi connectivity index (χ3n) is 1.98. The average molecular weight is 155 g/mol. The maximum atomic E-state index is 5.67. The van der Waals surface area contributed by atoms with E-state index in [1.165, 1.54) is 12.8 Å². The van der Waals surface area contributed by atoms with Gasteiger partial charge in [-0.3, -0.25) is 0 Å². The lowest BCUT2D eigenvalue weighted by Crippen LogP contribution is -2.15. The first-order valence-corrected chi connectivity index (χ1v) is 4.59. The highest BCUT2D eigenvalue weighted by Gasteiger charge is 2.02. The quantitative estimate of drug-likeness (QED) is 0.607. The third kappa shape index (κ3) is 6.11. The van der Waals surface area contributed by atoms with Gasteiger partial charge in [0.25, 0.3) is 0 Å². The summed E-state index contributed by atoms with van der Waals surface area (Å²) in [5.41, 5.74) is 5.67. The van der Waals surface area contributed by atoms with Crippen LogP contribution < -0.4 is 5.73 Å². The normalized spacial score (nSPS) is 17.1. The van der Waals surface area contributed by atoms with Gasteiger partial charge in [-0.05, 0) is 39.0 Å². The van der Waals surface area contributed by atoms with Crippen molar-refractivity contribution in [2.45, 2.75) is 46.1 Å². The molecule has 0 fully saturated rings. The van der Waals surface area contributed by atoms with Gasteiger partial charge in [-0.25, -0.2) is 0 Å². The predicted molar refractivity (Wildman–Crippen MR) is 51.5 cm³/mol. The van der Waals surface area contributed by atoms with Crippen molar-refractivity contribution >= 4 is 0 Å². The number of rotatable bonds is 5. The van der Waals surface area contributed by atoms with Crippen molar-refractivity contribution < 1.29 is 0 Å². The monoisotopic (exact) mass is 155 g/mol. The minimum Gasteiger partial charge on any atom is -0.328 e. The Morgan fingerprint density at radius 1 is 1.36 bits per heavy atom. The molecule has 0 saturated carbocycles. The Hall–Kier alpha value is -0.300. The molecule has 0 amide bonds. The number of hydrogen-bond acceptors (Lipinski definition) is 1. The summed E-state index contributed by atoms with van der Waals surface area (Å²) in [7, 11) is 0. The lowest BCUT2D eigenvalue weighted by atomic mass is 9.98. The van der Waals surface area contributed by atoms with Crippen LogP contribution >= 0.6 is 0 Å². The second-order valence-electron chi connectivity index (χ2n) is 3.25. The van der Waals surface area contributed by atoms with E-state index in [1.807, 2.05) is 0 Å². The third-order valence-corrected chi connectivity index (χ3v) is 1.98. The molecule has 0 aromatic carbocycles. The topological polar surface area (TPSA) is 26.0 Å². The van der Waals surface area contributed by atoms with Gasteiger partial charge in [0.05, 0.1) is 0 Å². The van der Waals surface area contributed by atoms with Gasteiger partial charge in [-0.2, -0.15) is 0 Å². The van der Waals surface area contributed by atoms with E-state index >= 15 is 0 Å². The van der Waals surface area contributed by atoms with Crippen LogP contribution in [0.1, 0.15) is 40.0 Å². The van der Waals surface area contributed by atoms with E-state index in [9.17, 15) is 0 Å². The summed E-state index contributed by atoms with van der Waals surface area (Å²) >= 11 is 0. The van der Waals surface area contributed by atoms with Crippen molar-refractivity contribution in [3.8, 4) is 0 Å². The minimum atomic E-state index is 0.356. The molecular weight excluding hydrogens is 134 g/mol. The van der Waals surface area contributed by atoms with E-state index in [0.717, 1.165) is 12.3 Å². The van der Waals surface area contributed by atoms with Crippen LogP contribution in [-0.2, 0) is 0 Å². The predicted octanol–water partition coefficient (Wildman–Crippen LogP) is 2.72. The maximum absolute atomic E-state index is 5.67. The summed E-state index contributed by atoms with van der Waals surface area (Å²) in [5.74, 6) is 0.742. The molecule has 0 rings (SSSR count). The molecule has 0 heterocycles. The van der Waals surface area contributed by atoms with Crippen LogP contribution in [0.3, 0.4) is 0 Å². The highest BCUT2D eigenvalue weighted by atomic mass is 14.6. The first-order valence-electron chi connectivity index (χ1n) is 4.59. The van der Waals surface area contributed by atoms with Crippen LogP contribution in [0.2, 0.25) is 0 Å². The Balaban J connectivity index is 3.52. The number of hydrogen-bond donors (Lipinski definition) is 1. The van der Waals surface area contributed by atoms with Crippen LogP contribution in [0, 0.1) is 5.92 Å². The summed E-state index contributed by atoms with van der Waals surface area (Å²) in [6, 6.07) is 0.356. The van der Waals surface area contributed by atoms with Gasteiger partial charge in [-0.15, -0.1) is 0 Å². The SMILES string of the molecule is C/C=C\C(CC)CCC(C)N. The second-order valence-corrected chi connectivity index (χ2v) is 3.25. The molecule has 0 aromatic rings. The van der Waals surface area contributed by atoms with Crippen LogP contribution in [-0.4, -0.2) is 6.04 Å². The maximum Gasteiger partial charge on any atom is 0.00106 e. The van der Waals surface area contributed by atoms with Crippen LogP contribution in [0.25, 0.3) is 0 Å². The van der Waals surface area contributed by atoms with Crippen LogP contribution in [0.4, 0.5) is 0 Å². The molecule has 1 nitrogen and oxygen atoms in total. The van der Waals surface area contributed by atoms with Gasteiger partial charge in [-0.1, -0.05) is 19.1 Å². The average Bonchev–Trinajstić information content (AvgIpc) is 1.97.